The van der Waals surface area contributed by atoms with Crippen molar-refractivity contribution in [3.05, 3.63) is 65.2 Å². The maximum Gasteiger partial charge on any atom is 0.490 e. The maximum absolute atomic E-state index is 12.6. The summed E-state index contributed by atoms with van der Waals surface area (Å²) in [5, 5.41) is 10.1. The van der Waals surface area contributed by atoms with Gasteiger partial charge in [0, 0.05) is 30.9 Å². The first-order valence-electron chi connectivity index (χ1n) is 13.9. The lowest BCUT2D eigenvalue weighted by Crippen LogP contribution is -2.31. The monoisotopic (exact) mass is 549 g/mol. The zero-order chi connectivity index (χ0) is 28.7. The number of carbonyl (C=O) groups excluding carboxylic acids is 1. The van der Waals surface area contributed by atoms with Crippen LogP contribution in [0.25, 0.3) is 0 Å². The van der Waals surface area contributed by atoms with Gasteiger partial charge in [0.25, 0.3) is 5.91 Å². The minimum Gasteiger partial charge on any atom is -0.475 e. The first-order chi connectivity index (χ1) is 18.6. The Morgan fingerprint density at radius 1 is 0.821 bits per heavy atom. The second-order valence-corrected chi connectivity index (χ2v) is 9.93. The highest BCUT2D eigenvalue weighted by molar-refractivity contribution is 6.04. The van der Waals surface area contributed by atoms with Gasteiger partial charge in [0.2, 0.25) is 0 Å². The Kier molecular flexibility index (Phi) is 14.0. The average Bonchev–Trinajstić information content (AvgIpc) is 3.13. The molecule has 2 aromatic rings. The first-order valence-corrected chi connectivity index (χ1v) is 13.9. The van der Waals surface area contributed by atoms with Crippen LogP contribution in [0, 0.1) is 0 Å². The van der Waals surface area contributed by atoms with Crippen LogP contribution in [0.4, 0.5) is 18.9 Å². The molecule has 1 heterocycles. The summed E-state index contributed by atoms with van der Waals surface area (Å²) >= 11 is 0. The van der Waals surface area contributed by atoms with E-state index in [9.17, 15) is 18.0 Å². The minimum absolute atomic E-state index is 0.0479. The molecule has 0 spiro atoms. The van der Waals surface area contributed by atoms with Gasteiger partial charge in [-0.05, 0) is 74.3 Å². The van der Waals surface area contributed by atoms with Gasteiger partial charge in [0.05, 0.1) is 0 Å². The number of unbranched alkanes of at least 4 members (excludes halogenated alkanes) is 3. The third kappa shape index (κ3) is 12.7. The summed E-state index contributed by atoms with van der Waals surface area (Å²) in [6.07, 6.45) is 3.72. The Morgan fingerprint density at radius 3 is 2.00 bits per heavy atom. The number of amides is 1. The van der Waals surface area contributed by atoms with Gasteiger partial charge in [-0.3, -0.25) is 9.69 Å². The van der Waals surface area contributed by atoms with Gasteiger partial charge in [0.15, 0.2) is 0 Å². The molecule has 1 saturated heterocycles. The summed E-state index contributed by atoms with van der Waals surface area (Å²) in [6.45, 7) is 11.3. The van der Waals surface area contributed by atoms with Crippen LogP contribution >= 0.6 is 0 Å². The predicted molar refractivity (Wildman–Crippen MR) is 149 cm³/mol. The molecule has 1 aliphatic heterocycles. The third-order valence-corrected chi connectivity index (χ3v) is 6.62. The number of nitrogens with zero attached hydrogens (tertiary/aromatic N) is 2. The van der Waals surface area contributed by atoms with Crippen LogP contribution < -0.4 is 5.32 Å². The van der Waals surface area contributed by atoms with Crippen LogP contribution in [0.5, 0.6) is 0 Å². The van der Waals surface area contributed by atoms with Crippen molar-refractivity contribution in [1.82, 2.24) is 9.80 Å². The Hall–Kier alpha value is -2.91. The molecule has 2 N–H and O–H groups in total. The number of aryl methyl sites for hydroxylation is 1. The molecule has 39 heavy (non-hydrogen) atoms. The number of aliphatic carboxylic acids is 1. The van der Waals surface area contributed by atoms with Gasteiger partial charge in [-0.25, -0.2) is 4.79 Å². The van der Waals surface area contributed by atoms with Crippen LogP contribution in [0.2, 0.25) is 0 Å². The second-order valence-electron chi connectivity index (χ2n) is 9.93. The van der Waals surface area contributed by atoms with E-state index >= 15 is 0 Å². The number of carboxylic acid groups (broad SMARTS) is 1. The van der Waals surface area contributed by atoms with E-state index in [-0.39, 0.29) is 5.91 Å². The molecule has 0 atom stereocenters. The molecule has 0 bridgehead atoms. The number of carbonyl (C=O) groups is 2. The number of benzene rings is 2. The molecule has 0 aromatic heterocycles. The van der Waals surface area contributed by atoms with Crippen molar-refractivity contribution < 1.29 is 27.9 Å². The van der Waals surface area contributed by atoms with Crippen molar-refractivity contribution >= 4 is 17.6 Å². The van der Waals surface area contributed by atoms with Crippen molar-refractivity contribution in [3.8, 4) is 0 Å². The zero-order valence-corrected chi connectivity index (χ0v) is 23.1. The summed E-state index contributed by atoms with van der Waals surface area (Å²) in [6, 6.07) is 16.3. The Morgan fingerprint density at radius 2 is 1.41 bits per heavy atom. The molecular formula is C30H42F3N3O3. The highest BCUT2D eigenvalue weighted by Gasteiger charge is 2.38. The minimum atomic E-state index is -5.08. The molecule has 1 amide bonds. The van der Waals surface area contributed by atoms with E-state index in [1.807, 2.05) is 24.3 Å². The highest BCUT2D eigenvalue weighted by Crippen LogP contribution is 2.15. The van der Waals surface area contributed by atoms with Crippen LogP contribution in [-0.2, 0) is 17.8 Å². The van der Waals surface area contributed by atoms with Crippen molar-refractivity contribution in [3.63, 3.8) is 0 Å². The molecule has 3 rings (SSSR count). The largest absolute Gasteiger partial charge is 0.490 e. The number of carboxylic acids is 1. The number of alkyl halides is 3. The molecule has 0 saturated carbocycles. The van der Waals surface area contributed by atoms with Crippen molar-refractivity contribution in [1.29, 1.82) is 0 Å². The standard InChI is InChI=1S/C28H41N3O.C2HF3O2/c1-3-5-6-7-18-30-19-8-20-31(22-21-30)23-25-10-14-26(15-11-25)28(32)29-27-16-12-24(9-4-2)13-17-27;3-2(4,5)1(6)7/h10-17H,3-9,18-23H2,1-2H3,(H,29,32);(H,6,7). The van der Waals surface area contributed by atoms with Crippen LogP contribution in [-0.4, -0.2) is 65.7 Å². The van der Waals surface area contributed by atoms with E-state index in [1.54, 1.807) is 0 Å². The summed E-state index contributed by atoms with van der Waals surface area (Å²) in [5.74, 6) is -2.80. The average molecular weight is 550 g/mol. The van der Waals surface area contributed by atoms with E-state index in [0.29, 0.717) is 5.56 Å². The highest BCUT2D eigenvalue weighted by atomic mass is 19.4. The summed E-state index contributed by atoms with van der Waals surface area (Å²) in [7, 11) is 0. The number of nitrogens with one attached hydrogen (secondary N) is 1. The predicted octanol–water partition coefficient (Wildman–Crippen LogP) is 6.61. The van der Waals surface area contributed by atoms with Gasteiger partial charge < -0.3 is 15.3 Å². The SMILES string of the molecule is CCCCCCN1CCCN(Cc2ccc(C(=O)Nc3ccc(CCC)cc3)cc2)CC1.O=C(O)C(F)(F)F. The fourth-order valence-corrected chi connectivity index (χ4v) is 4.43. The number of rotatable bonds is 11. The number of anilines is 1. The van der Waals surface area contributed by atoms with Crippen LogP contribution in [0.1, 0.15) is 73.9 Å². The van der Waals surface area contributed by atoms with E-state index in [2.05, 4.69) is 53.2 Å². The van der Waals surface area contributed by atoms with Crippen LogP contribution in [0.15, 0.2) is 48.5 Å². The van der Waals surface area contributed by atoms with Crippen molar-refractivity contribution in [2.45, 2.75) is 71.5 Å². The smallest absolute Gasteiger partial charge is 0.475 e. The first kappa shape index (κ1) is 32.3. The van der Waals surface area contributed by atoms with E-state index < -0.39 is 12.1 Å². The van der Waals surface area contributed by atoms with Gasteiger partial charge in [-0.15, -0.1) is 0 Å². The molecule has 9 heteroatoms. The Balaban J connectivity index is 0.000000673. The zero-order valence-electron chi connectivity index (χ0n) is 23.1. The Bertz CT molecular complexity index is 995. The van der Waals surface area contributed by atoms with E-state index in [1.165, 1.54) is 62.9 Å². The van der Waals surface area contributed by atoms with Gasteiger partial charge >= 0.3 is 12.1 Å². The fourth-order valence-electron chi connectivity index (χ4n) is 4.43. The second kappa shape index (κ2) is 16.9. The van der Waals surface area contributed by atoms with Crippen molar-refractivity contribution in [2.24, 2.45) is 0 Å². The molecule has 6 nitrogen and oxygen atoms in total. The lowest BCUT2D eigenvalue weighted by atomic mass is 10.1. The molecule has 1 aliphatic rings. The summed E-state index contributed by atoms with van der Waals surface area (Å²) in [4.78, 5) is 26.7. The lowest BCUT2D eigenvalue weighted by molar-refractivity contribution is -0.192. The Labute approximate surface area is 230 Å². The molecule has 2 aromatic carbocycles. The number of hydrogen-bond donors (Lipinski definition) is 2. The van der Waals surface area contributed by atoms with Crippen LogP contribution in [0.3, 0.4) is 0 Å². The normalized spacial score (nSPS) is 14.7. The third-order valence-electron chi connectivity index (χ3n) is 6.62. The number of halogens is 3. The van der Waals surface area contributed by atoms with E-state index in [0.717, 1.165) is 38.2 Å². The summed E-state index contributed by atoms with van der Waals surface area (Å²) in [5.41, 5.74) is 4.15. The van der Waals surface area contributed by atoms with Crippen molar-refractivity contribution in [2.75, 3.05) is 38.0 Å². The molecule has 0 unspecified atom stereocenters. The van der Waals surface area contributed by atoms with Gasteiger partial charge in [0.1, 0.15) is 0 Å². The fraction of sp³-hybridized carbons (Fsp3) is 0.533. The quantitative estimate of drug-likeness (QED) is 0.309. The van der Waals surface area contributed by atoms with E-state index in [4.69, 9.17) is 9.90 Å². The number of hydrogen-bond acceptors (Lipinski definition) is 4. The molecule has 216 valence electrons. The summed E-state index contributed by atoms with van der Waals surface area (Å²) < 4.78 is 31.7. The molecule has 0 aliphatic carbocycles. The lowest BCUT2D eigenvalue weighted by Gasteiger charge is -2.22. The van der Waals surface area contributed by atoms with Gasteiger partial charge in [-0.2, -0.15) is 13.2 Å². The topological polar surface area (TPSA) is 72.9 Å². The molecule has 0 radical (unpaired) electrons. The van der Waals surface area contributed by atoms with Gasteiger partial charge in [-0.1, -0.05) is 63.8 Å². The molecular weight excluding hydrogens is 507 g/mol. The molecule has 1 fully saturated rings. The maximum atomic E-state index is 12.6.